The first-order valence-corrected chi connectivity index (χ1v) is 15.8. The number of fused-ring (bicyclic) bond motifs is 1. The van der Waals surface area contributed by atoms with Crippen molar-refractivity contribution in [3.05, 3.63) is 53.6 Å². The number of hydrogen-bond acceptors (Lipinski definition) is 6. The Bertz CT molecular complexity index is 1300. The number of rotatable bonds is 15. The van der Waals surface area contributed by atoms with Gasteiger partial charge in [-0.15, -0.1) is 0 Å². The quantitative estimate of drug-likeness (QED) is 0.197. The molecule has 2 heterocycles. The molecule has 0 bridgehead atoms. The molecule has 8 nitrogen and oxygen atoms in total. The van der Waals surface area contributed by atoms with Crippen LogP contribution in [0.25, 0.3) is 11.0 Å². The average molecular weight is 576 g/mol. The molecule has 1 aliphatic rings. The molecule has 1 amide bonds. The van der Waals surface area contributed by atoms with Crippen LogP contribution >= 0.6 is 0 Å². The fourth-order valence-corrected chi connectivity index (χ4v) is 5.39. The number of benzene rings is 2. The molecule has 1 aromatic heterocycles. The van der Waals surface area contributed by atoms with E-state index in [0.29, 0.717) is 29.6 Å². The number of carbonyl (C=O) groups excluding carboxylic acids is 2. The summed E-state index contributed by atoms with van der Waals surface area (Å²) in [5.74, 6) is 1.58. The third kappa shape index (κ3) is 8.57. The van der Waals surface area contributed by atoms with Crippen molar-refractivity contribution in [1.29, 1.82) is 0 Å². The van der Waals surface area contributed by atoms with E-state index in [4.69, 9.17) is 9.72 Å². The molecule has 8 heteroatoms. The number of nitrogens with zero attached hydrogens (tertiary/aromatic N) is 4. The summed E-state index contributed by atoms with van der Waals surface area (Å²) in [5.41, 5.74) is 3.88. The second-order valence-electron chi connectivity index (χ2n) is 12.3. The highest BCUT2D eigenvalue weighted by Crippen LogP contribution is 2.26. The van der Waals surface area contributed by atoms with Gasteiger partial charge in [0, 0.05) is 30.9 Å². The van der Waals surface area contributed by atoms with Gasteiger partial charge in [-0.3, -0.25) is 4.79 Å². The molecule has 0 radical (unpaired) electrons. The Morgan fingerprint density at radius 3 is 2.19 bits per heavy atom. The summed E-state index contributed by atoms with van der Waals surface area (Å²) in [6, 6.07) is 13.2. The van der Waals surface area contributed by atoms with Crippen molar-refractivity contribution >= 4 is 34.5 Å². The van der Waals surface area contributed by atoms with E-state index in [1.54, 1.807) is 19.1 Å². The number of imidazole rings is 1. The topological polar surface area (TPSA) is 79.7 Å². The van der Waals surface area contributed by atoms with Crippen LogP contribution in [0.3, 0.4) is 0 Å². The Morgan fingerprint density at radius 1 is 0.929 bits per heavy atom. The zero-order valence-corrected chi connectivity index (χ0v) is 26.2. The van der Waals surface area contributed by atoms with Gasteiger partial charge in [0.15, 0.2) is 0 Å². The van der Waals surface area contributed by atoms with Crippen molar-refractivity contribution in [3.8, 4) is 0 Å². The lowest BCUT2D eigenvalue weighted by Gasteiger charge is -2.25. The van der Waals surface area contributed by atoms with E-state index in [0.717, 1.165) is 68.1 Å². The van der Waals surface area contributed by atoms with Crippen LogP contribution in [0.5, 0.6) is 0 Å². The highest BCUT2D eigenvalue weighted by Gasteiger charge is 2.20. The first-order valence-electron chi connectivity index (χ1n) is 15.8. The minimum atomic E-state index is -0.328. The number of likely N-dealkylation sites (tertiary alicyclic amines) is 1. The van der Waals surface area contributed by atoms with Crippen molar-refractivity contribution in [1.82, 2.24) is 19.4 Å². The number of amides is 1. The predicted octanol–water partition coefficient (Wildman–Crippen LogP) is 6.98. The van der Waals surface area contributed by atoms with Crippen LogP contribution in [-0.4, -0.2) is 70.6 Å². The summed E-state index contributed by atoms with van der Waals surface area (Å²) in [5, 5.41) is 3.47. The third-order valence-electron chi connectivity index (χ3n) is 7.94. The lowest BCUT2D eigenvalue weighted by Crippen LogP contribution is -2.34. The van der Waals surface area contributed by atoms with Gasteiger partial charge < -0.3 is 24.4 Å². The molecular formula is C34H49N5O3. The molecule has 1 saturated heterocycles. The molecule has 2 aromatic carbocycles. The summed E-state index contributed by atoms with van der Waals surface area (Å²) < 4.78 is 7.32. The second kappa shape index (κ2) is 15.2. The van der Waals surface area contributed by atoms with Gasteiger partial charge in [-0.1, -0.05) is 27.7 Å². The van der Waals surface area contributed by atoms with Crippen LogP contribution in [0, 0.1) is 11.8 Å². The monoisotopic (exact) mass is 575 g/mol. The maximum Gasteiger partial charge on any atom is 0.338 e. The summed E-state index contributed by atoms with van der Waals surface area (Å²) >= 11 is 0. The molecule has 0 aliphatic carbocycles. The number of anilines is 2. The Hall–Kier alpha value is -3.39. The van der Waals surface area contributed by atoms with E-state index in [9.17, 15) is 9.59 Å². The SMILES string of the molecule is CCOC(=O)c1ccc(Nc2nc3ccc(C(=O)N(CCC(C)C)CCC(C)C)cc3n2CCCN2CCCC2)cc1. The highest BCUT2D eigenvalue weighted by atomic mass is 16.5. The Morgan fingerprint density at radius 2 is 1.57 bits per heavy atom. The van der Waals surface area contributed by atoms with Gasteiger partial charge in [-0.05, 0) is 113 Å². The molecular weight excluding hydrogens is 526 g/mol. The molecule has 4 rings (SSSR count). The predicted molar refractivity (Wildman–Crippen MR) is 171 cm³/mol. The van der Waals surface area contributed by atoms with Crippen LogP contribution in [0.2, 0.25) is 0 Å². The third-order valence-corrected chi connectivity index (χ3v) is 7.94. The summed E-state index contributed by atoms with van der Waals surface area (Å²) in [6.07, 6.45) is 5.53. The Balaban J connectivity index is 1.61. The molecule has 1 N–H and O–H groups in total. The van der Waals surface area contributed by atoms with Crippen molar-refractivity contribution < 1.29 is 14.3 Å². The first-order chi connectivity index (χ1) is 20.2. The van der Waals surface area contributed by atoms with Gasteiger partial charge >= 0.3 is 5.97 Å². The molecule has 0 atom stereocenters. The fourth-order valence-electron chi connectivity index (χ4n) is 5.39. The van der Waals surface area contributed by atoms with Crippen LogP contribution in [0.1, 0.15) is 87.4 Å². The maximum atomic E-state index is 13.8. The Kier molecular flexibility index (Phi) is 11.4. The molecule has 42 heavy (non-hydrogen) atoms. The van der Waals surface area contributed by atoms with Crippen LogP contribution in [-0.2, 0) is 11.3 Å². The normalized spacial score (nSPS) is 13.8. The van der Waals surface area contributed by atoms with Crippen LogP contribution in [0.4, 0.5) is 11.6 Å². The summed E-state index contributed by atoms with van der Waals surface area (Å²) in [4.78, 5) is 35.4. The minimum absolute atomic E-state index is 0.0899. The molecule has 1 fully saturated rings. The molecule has 0 spiro atoms. The smallest absolute Gasteiger partial charge is 0.338 e. The fraction of sp³-hybridized carbons (Fsp3) is 0.559. The lowest BCUT2D eigenvalue weighted by molar-refractivity contribution is 0.0526. The van der Waals surface area contributed by atoms with Gasteiger partial charge in [0.05, 0.1) is 23.2 Å². The van der Waals surface area contributed by atoms with E-state index in [2.05, 4.69) is 42.5 Å². The van der Waals surface area contributed by atoms with Crippen LogP contribution in [0.15, 0.2) is 42.5 Å². The number of carbonyl (C=O) groups is 2. The molecule has 3 aromatic rings. The van der Waals surface area contributed by atoms with E-state index in [1.165, 1.54) is 25.9 Å². The molecule has 0 saturated carbocycles. The van der Waals surface area contributed by atoms with Crippen molar-refractivity contribution in [3.63, 3.8) is 0 Å². The lowest BCUT2D eigenvalue weighted by atomic mass is 10.1. The zero-order valence-electron chi connectivity index (χ0n) is 26.2. The largest absolute Gasteiger partial charge is 0.462 e. The maximum absolute atomic E-state index is 13.8. The minimum Gasteiger partial charge on any atom is -0.462 e. The van der Waals surface area contributed by atoms with E-state index in [-0.39, 0.29) is 11.9 Å². The van der Waals surface area contributed by atoms with E-state index < -0.39 is 0 Å². The number of aryl methyl sites for hydroxylation is 1. The number of nitrogens with one attached hydrogen (secondary N) is 1. The summed E-state index contributed by atoms with van der Waals surface area (Å²) in [7, 11) is 0. The van der Waals surface area contributed by atoms with Gasteiger partial charge in [0.25, 0.3) is 5.91 Å². The number of hydrogen-bond donors (Lipinski definition) is 1. The van der Waals surface area contributed by atoms with Crippen LogP contribution < -0.4 is 5.32 Å². The van der Waals surface area contributed by atoms with Crippen molar-refractivity contribution in [2.24, 2.45) is 11.8 Å². The van der Waals surface area contributed by atoms with Gasteiger partial charge in [0.2, 0.25) is 5.95 Å². The number of esters is 1. The van der Waals surface area contributed by atoms with Crippen molar-refractivity contribution in [2.45, 2.75) is 73.3 Å². The zero-order chi connectivity index (χ0) is 30.1. The van der Waals surface area contributed by atoms with E-state index in [1.807, 2.05) is 35.2 Å². The standard InChI is InChI=1S/C34H49N5O3/c1-6-42-33(41)27-10-13-29(14-11-27)35-34-36-30-15-12-28(32(40)38(22-16-25(2)3)23-17-26(4)5)24-31(30)39(34)21-9-20-37-18-7-8-19-37/h10-15,24-26H,6-9,16-23H2,1-5H3,(H,35,36). The summed E-state index contributed by atoms with van der Waals surface area (Å²) in [6.45, 7) is 16.7. The Labute approximate surface area is 251 Å². The average Bonchev–Trinajstić information content (AvgIpc) is 3.60. The van der Waals surface area contributed by atoms with Gasteiger partial charge in [0.1, 0.15) is 0 Å². The van der Waals surface area contributed by atoms with E-state index >= 15 is 0 Å². The second-order valence-corrected chi connectivity index (χ2v) is 12.3. The van der Waals surface area contributed by atoms with Gasteiger partial charge in [-0.25, -0.2) is 9.78 Å². The molecule has 1 aliphatic heterocycles. The number of aromatic nitrogens is 2. The molecule has 228 valence electrons. The first kappa shape index (κ1) is 31.5. The molecule has 0 unspecified atom stereocenters. The van der Waals surface area contributed by atoms with Gasteiger partial charge in [-0.2, -0.15) is 0 Å². The van der Waals surface area contributed by atoms with Crippen molar-refractivity contribution in [2.75, 3.05) is 44.6 Å². The number of ether oxygens (including phenoxy) is 1. The highest BCUT2D eigenvalue weighted by molar-refractivity contribution is 5.98.